The summed E-state index contributed by atoms with van der Waals surface area (Å²) < 4.78 is 41.1. The zero-order chi connectivity index (χ0) is 14.6. The quantitative estimate of drug-likeness (QED) is 0.805. The van der Waals surface area contributed by atoms with Gasteiger partial charge in [0.1, 0.15) is 12.0 Å². The van der Waals surface area contributed by atoms with E-state index in [1.54, 1.807) is 30.6 Å². The van der Waals surface area contributed by atoms with Gasteiger partial charge in [0.25, 0.3) is 0 Å². The smallest absolute Gasteiger partial charge is 0.422 e. The number of hydrogen-bond donors (Lipinski definition) is 0. The molecule has 0 fully saturated rings. The maximum absolute atomic E-state index is 12.1. The highest BCUT2D eigenvalue weighted by Gasteiger charge is 2.28. The summed E-state index contributed by atoms with van der Waals surface area (Å²) in [6, 6.07) is 7.70. The van der Waals surface area contributed by atoms with Gasteiger partial charge in [0.05, 0.1) is 0 Å². The molecule has 1 aromatic carbocycles. The number of aromatic nitrogens is 1. The van der Waals surface area contributed by atoms with E-state index in [1.807, 2.05) is 0 Å². The fourth-order valence-corrected chi connectivity index (χ4v) is 1.64. The average Bonchev–Trinajstić information content (AvgIpc) is 2.45. The van der Waals surface area contributed by atoms with Crippen LogP contribution in [-0.4, -0.2) is 24.1 Å². The van der Waals surface area contributed by atoms with Crippen LogP contribution in [-0.2, 0) is 0 Å². The third-order valence-corrected chi connectivity index (χ3v) is 2.46. The van der Waals surface area contributed by atoms with Crippen LogP contribution in [0.25, 0.3) is 11.1 Å². The Kier molecular flexibility index (Phi) is 4.02. The summed E-state index contributed by atoms with van der Waals surface area (Å²) in [5.74, 6) is -0.00854. The Balaban J connectivity index is 2.32. The highest BCUT2D eigenvalue weighted by Crippen LogP contribution is 2.26. The van der Waals surface area contributed by atoms with Crippen molar-refractivity contribution in [3.8, 4) is 16.9 Å². The van der Waals surface area contributed by atoms with Crippen LogP contribution in [0.15, 0.2) is 42.7 Å². The normalized spacial score (nSPS) is 11.2. The molecule has 0 aliphatic carbocycles. The van der Waals surface area contributed by atoms with Crippen LogP contribution >= 0.6 is 0 Å². The van der Waals surface area contributed by atoms with Crippen molar-refractivity contribution in [3.63, 3.8) is 0 Å². The monoisotopic (exact) mass is 281 g/mol. The van der Waals surface area contributed by atoms with Gasteiger partial charge < -0.3 is 4.74 Å². The van der Waals surface area contributed by atoms with Crippen LogP contribution < -0.4 is 4.74 Å². The minimum atomic E-state index is -4.42. The molecule has 2 aromatic rings. The second kappa shape index (κ2) is 5.73. The summed E-state index contributed by atoms with van der Waals surface area (Å²) in [7, 11) is 0. The Morgan fingerprint density at radius 2 is 2.00 bits per heavy atom. The number of carbonyl (C=O) groups excluding carboxylic acids is 1. The van der Waals surface area contributed by atoms with Crippen molar-refractivity contribution < 1.29 is 22.7 Å². The standard InChI is InChI=1S/C14H10F3NO2/c15-14(16,17)9-20-13-5-10(8-19)4-12(6-13)11-2-1-3-18-7-11/h1-8H,9H2. The Bertz CT molecular complexity index is 597. The number of rotatable bonds is 4. The van der Waals surface area contributed by atoms with Crippen LogP contribution in [0.1, 0.15) is 10.4 Å². The molecule has 0 unspecified atom stereocenters. The maximum atomic E-state index is 12.1. The van der Waals surface area contributed by atoms with E-state index in [-0.39, 0.29) is 11.3 Å². The van der Waals surface area contributed by atoms with E-state index in [1.165, 1.54) is 12.1 Å². The zero-order valence-corrected chi connectivity index (χ0v) is 10.2. The molecule has 0 saturated heterocycles. The number of halogens is 3. The second-order valence-corrected chi connectivity index (χ2v) is 4.05. The molecule has 0 bridgehead atoms. The molecule has 0 amide bonds. The first-order valence-corrected chi connectivity index (χ1v) is 5.68. The molecule has 6 heteroatoms. The first kappa shape index (κ1) is 14.0. The number of nitrogens with zero attached hydrogens (tertiary/aromatic N) is 1. The Labute approximate surface area is 113 Å². The molecule has 0 aliphatic rings. The number of carbonyl (C=O) groups is 1. The van der Waals surface area contributed by atoms with Crippen molar-refractivity contribution in [3.05, 3.63) is 48.3 Å². The molecular formula is C14H10F3NO2. The molecule has 104 valence electrons. The van der Waals surface area contributed by atoms with E-state index in [0.29, 0.717) is 17.4 Å². The van der Waals surface area contributed by atoms with Gasteiger partial charge in [-0.05, 0) is 29.8 Å². The molecule has 1 aromatic heterocycles. The lowest BCUT2D eigenvalue weighted by molar-refractivity contribution is -0.153. The molecule has 0 saturated carbocycles. The summed E-state index contributed by atoms with van der Waals surface area (Å²) in [6.45, 7) is -1.40. The van der Waals surface area contributed by atoms with Gasteiger partial charge in [-0.15, -0.1) is 0 Å². The zero-order valence-electron chi connectivity index (χ0n) is 10.2. The first-order valence-electron chi connectivity index (χ1n) is 5.68. The SMILES string of the molecule is O=Cc1cc(OCC(F)(F)F)cc(-c2cccnc2)c1. The third-order valence-electron chi connectivity index (χ3n) is 2.46. The van der Waals surface area contributed by atoms with Gasteiger partial charge in [0.15, 0.2) is 6.61 Å². The highest BCUT2D eigenvalue weighted by atomic mass is 19.4. The average molecular weight is 281 g/mol. The number of alkyl halides is 3. The molecule has 0 atom stereocenters. The van der Waals surface area contributed by atoms with Crippen molar-refractivity contribution >= 4 is 6.29 Å². The van der Waals surface area contributed by atoms with Gasteiger partial charge >= 0.3 is 6.18 Å². The van der Waals surface area contributed by atoms with Crippen molar-refractivity contribution in [1.82, 2.24) is 4.98 Å². The van der Waals surface area contributed by atoms with E-state index < -0.39 is 12.8 Å². The van der Waals surface area contributed by atoms with E-state index in [9.17, 15) is 18.0 Å². The van der Waals surface area contributed by atoms with Gasteiger partial charge in [-0.25, -0.2) is 0 Å². The van der Waals surface area contributed by atoms with Crippen LogP contribution in [0.4, 0.5) is 13.2 Å². The summed E-state index contributed by atoms with van der Waals surface area (Å²) >= 11 is 0. The minimum Gasteiger partial charge on any atom is -0.484 e. The largest absolute Gasteiger partial charge is 0.484 e. The Morgan fingerprint density at radius 3 is 2.60 bits per heavy atom. The fourth-order valence-electron chi connectivity index (χ4n) is 1.64. The summed E-state index contributed by atoms with van der Waals surface area (Å²) in [5, 5.41) is 0. The number of hydrogen-bond acceptors (Lipinski definition) is 3. The van der Waals surface area contributed by atoms with E-state index in [2.05, 4.69) is 9.72 Å². The third kappa shape index (κ3) is 3.81. The van der Waals surface area contributed by atoms with E-state index >= 15 is 0 Å². The summed E-state index contributed by atoms with van der Waals surface area (Å²) in [5.41, 5.74) is 1.50. The Morgan fingerprint density at radius 1 is 1.20 bits per heavy atom. The van der Waals surface area contributed by atoms with Crippen LogP contribution in [0.3, 0.4) is 0 Å². The molecule has 1 heterocycles. The fraction of sp³-hybridized carbons (Fsp3) is 0.143. The molecule has 20 heavy (non-hydrogen) atoms. The number of ether oxygens (including phenoxy) is 1. The first-order chi connectivity index (χ1) is 9.48. The molecule has 0 N–H and O–H groups in total. The van der Waals surface area contributed by atoms with Gasteiger partial charge in [-0.2, -0.15) is 13.2 Å². The van der Waals surface area contributed by atoms with Crippen LogP contribution in [0, 0.1) is 0 Å². The van der Waals surface area contributed by atoms with Crippen molar-refractivity contribution in [2.45, 2.75) is 6.18 Å². The van der Waals surface area contributed by atoms with Gasteiger partial charge in [0, 0.05) is 23.5 Å². The molecule has 0 spiro atoms. The lowest BCUT2D eigenvalue weighted by Gasteiger charge is -2.11. The summed E-state index contributed by atoms with van der Waals surface area (Å²) in [6.07, 6.45) is -0.739. The van der Waals surface area contributed by atoms with Crippen LogP contribution in [0.2, 0.25) is 0 Å². The van der Waals surface area contributed by atoms with Crippen molar-refractivity contribution in [2.24, 2.45) is 0 Å². The highest BCUT2D eigenvalue weighted by molar-refractivity contribution is 5.80. The van der Waals surface area contributed by atoms with Gasteiger partial charge in [-0.1, -0.05) is 6.07 Å². The molecule has 0 aliphatic heterocycles. The Hall–Kier alpha value is -2.37. The van der Waals surface area contributed by atoms with Crippen molar-refractivity contribution in [1.29, 1.82) is 0 Å². The number of benzene rings is 1. The van der Waals surface area contributed by atoms with E-state index in [4.69, 9.17) is 0 Å². The molecule has 3 nitrogen and oxygen atoms in total. The van der Waals surface area contributed by atoms with Gasteiger partial charge in [0.2, 0.25) is 0 Å². The van der Waals surface area contributed by atoms with Crippen LogP contribution in [0.5, 0.6) is 5.75 Å². The lowest BCUT2D eigenvalue weighted by Crippen LogP contribution is -2.19. The van der Waals surface area contributed by atoms with E-state index in [0.717, 1.165) is 0 Å². The second-order valence-electron chi connectivity index (χ2n) is 4.05. The maximum Gasteiger partial charge on any atom is 0.422 e. The molecular weight excluding hydrogens is 271 g/mol. The summed E-state index contributed by atoms with van der Waals surface area (Å²) in [4.78, 5) is 14.8. The van der Waals surface area contributed by atoms with Crippen molar-refractivity contribution in [2.75, 3.05) is 6.61 Å². The number of aldehydes is 1. The predicted molar refractivity (Wildman–Crippen MR) is 66.6 cm³/mol. The lowest BCUT2D eigenvalue weighted by atomic mass is 10.0. The minimum absolute atomic E-state index is 0.00854. The predicted octanol–water partition coefficient (Wildman–Crippen LogP) is 3.50. The topological polar surface area (TPSA) is 39.2 Å². The molecule has 0 radical (unpaired) electrons. The van der Waals surface area contributed by atoms with Gasteiger partial charge in [-0.3, -0.25) is 9.78 Å². The molecule has 2 rings (SSSR count). The number of pyridine rings is 1.